The Bertz CT molecular complexity index is 1840. The van der Waals surface area contributed by atoms with Crippen LogP contribution in [0.15, 0.2) is 59.0 Å². The molecule has 0 radical (unpaired) electrons. The molecular weight excluding hydrogens is 655 g/mol. The van der Waals surface area contributed by atoms with E-state index in [0.717, 1.165) is 71.8 Å². The Labute approximate surface area is 289 Å². The molecule has 1 fully saturated rings. The number of likely N-dealkylation sites (N-methyl/N-ethyl adjacent to an activating group) is 1. The maximum Gasteiger partial charge on any atom is 0.291 e. The predicted octanol–water partition coefficient (Wildman–Crippen LogP) is 5.00. The van der Waals surface area contributed by atoms with E-state index in [1.807, 2.05) is 42.0 Å². The second-order valence-electron chi connectivity index (χ2n) is 12.7. The number of aromatic nitrogens is 2. The summed E-state index contributed by atoms with van der Waals surface area (Å²) in [5, 5.41) is 7.31. The highest BCUT2D eigenvalue weighted by Crippen LogP contribution is 2.45. The molecule has 3 N–H and O–H groups in total. The van der Waals surface area contributed by atoms with Crippen molar-refractivity contribution in [3.63, 3.8) is 0 Å². The van der Waals surface area contributed by atoms with Crippen molar-refractivity contribution in [2.24, 2.45) is 13.0 Å². The number of hydroxylamine groups is 1. The predicted molar refractivity (Wildman–Crippen MR) is 182 cm³/mol. The number of amides is 2. The van der Waals surface area contributed by atoms with Gasteiger partial charge in [-0.15, -0.1) is 0 Å². The number of imidazole rings is 1. The number of carbonyl (C=O) groups is 2. The van der Waals surface area contributed by atoms with Gasteiger partial charge in [-0.2, -0.15) is 0 Å². The number of fused-ring (bicyclic) bond motifs is 2. The highest BCUT2D eigenvalue weighted by Gasteiger charge is 2.33. The van der Waals surface area contributed by atoms with Gasteiger partial charge in [0.25, 0.3) is 11.8 Å². The number of nitrogens with zero attached hydrogens (tertiary/aromatic N) is 3. The highest BCUT2D eigenvalue weighted by molar-refractivity contribution is 6.36. The van der Waals surface area contributed by atoms with Crippen LogP contribution in [0.25, 0.3) is 11.1 Å². The SMILES string of the molecule is COC1=CC(OC2CCc3c(-c4cccc(NC(=O)c5nc6c(n5C)CCN(C)C6)c4Cl)cccc32)=C(Cl)CC1CNC1CONC1=O. The van der Waals surface area contributed by atoms with E-state index in [4.69, 9.17) is 37.5 Å². The van der Waals surface area contributed by atoms with Gasteiger partial charge >= 0.3 is 0 Å². The van der Waals surface area contributed by atoms with E-state index in [1.54, 1.807) is 7.11 Å². The Hall–Kier alpha value is -3.87. The molecule has 1 aromatic heterocycles. The molecule has 48 heavy (non-hydrogen) atoms. The molecule has 2 aromatic carbocycles. The van der Waals surface area contributed by atoms with Gasteiger partial charge in [-0.1, -0.05) is 53.5 Å². The van der Waals surface area contributed by atoms with E-state index in [0.29, 0.717) is 40.3 Å². The summed E-state index contributed by atoms with van der Waals surface area (Å²) in [5.74, 6) is 1.16. The molecule has 2 amide bonds. The number of hydrogen-bond donors (Lipinski definition) is 3. The minimum atomic E-state index is -0.411. The van der Waals surface area contributed by atoms with Gasteiger partial charge in [-0.05, 0) is 49.1 Å². The third kappa shape index (κ3) is 6.21. The summed E-state index contributed by atoms with van der Waals surface area (Å²) in [6.07, 6.45) is 4.58. The van der Waals surface area contributed by atoms with Crippen LogP contribution in [-0.4, -0.2) is 66.2 Å². The van der Waals surface area contributed by atoms with Gasteiger partial charge in [-0.25, -0.2) is 10.5 Å². The minimum Gasteiger partial charge on any atom is -0.501 e. The molecular formula is C35H38Cl2N6O5. The summed E-state index contributed by atoms with van der Waals surface area (Å²) in [6, 6.07) is 11.4. The minimum absolute atomic E-state index is 0.0508. The largest absolute Gasteiger partial charge is 0.501 e. The van der Waals surface area contributed by atoms with Crippen LogP contribution < -0.4 is 16.1 Å². The van der Waals surface area contributed by atoms with Crippen molar-refractivity contribution in [3.8, 4) is 11.1 Å². The standard InChI is InChI=1S/C35H38Cl2N6O5/c1-42-13-12-28-26(17-42)39-33(43(28)2)35(45)40-25-9-5-8-23(32(25)37)20-6-4-7-22-21(20)10-11-29(22)48-31-15-30(46-3)19(14-24(31)36)16-38-27-18-47-41-34(27)44/h4-9,15,19,27,29,38H,10-14,16-18H2,1-3H3,(H,40,45)(H,41,44). The lowest BCUT2D eigenvalue weighted by atomic mass is 9.96. The first-order chi connectivity index (χ1) is 23.2. The van der Waals surface area contributed by atoms with Gasteiger partial charge < -0.3 is 29.6 Å². The number of ether oxygens (including phenoxy) is 2. The van der Waals surface area contributed by atoms with E-state index in [2.05, 4.69) is 45.2 Å². The monoisotopic (exact) mass is 692 g/mol. The summed E-state index contributed by atoms with van der Waals surface area (Å²) in [4.78, 5) is 37.2. The van der Waals surface area contributed by atoms with Crippen molar-refractivity contribution < 1.29 is 23.9 Å². The summed E-state index contributed by atoms with van der Waals surface area (Å²) >= 11 is 13.8. The number of rotatable bonds is 9. The number of anilines is 1. The van der Waals surface area contributed by atoms with Gasteiger partial charge in [0.1, 0.15) is 23.7 Å². The van der Waals surface area contributed by atoms with Crippen molar-refractivity contribution >= 4 is 40.7 Å². The normalized spacial score (nSPS) is 22.2. The molecule has 0 saturated carbocycles. The quantitative estimate of drug-likeness (QED) is 0.287. The third-order valence-electron chi connectivity index (χ3n) is 9.63. The Kier molecular flexibility index (Phi) is 9.23. The molecule has 4 aliphatic rings. The first kappa shape index (κ1) is 32.7. The van der Waals surface area contributed by atoms with Crippen LogP contribution in [0.5, 0.6) is 0 Å². The number of methoxy groups -OCH3 is 1. The van der Waals surface area contributed by atoms with Crippen molar-refractivity contribution in [2.45, 2.75) is 44.4 Å². The number of halogens is 2. The fourth-order valence-corrected chi connectivity index (χ4v) is 7.60. The average Bonchev–Trinajstić information content (AvgIpc) is 3.78. The van der Waals surface area contributed by atoms with Crippen LogP contribution in [0.3, 0.4) is 0 Å². The maximum atomic E-state index is 13.4. The summed E-state index contributed by atoms with van der Waals surface area (Å²) in [6.45, 7) is 2.43. The van der Waals surface area contributed by atoms with Crippen molar-refractivity contribution in [3.05, 3.63) is 92.4 Å². The topological polar surface area (TPSA) is 119 Å². The van der Waals surface area contributed by atoms with E-state index >= 15 is 0 Å². The lowest BCUT2D eigenvalue weighted by molar-refractivity contribution is -0.125. The molecule has 2 aliphatic carbocycles. The third-order valence-corrected chi connectivity index (χ3v) is 10.4. The zero-order valence-electron chi connectivity index (χ0n) is 27.1. The van der Waals surface area contributed by atoms with Crippen LogP contribution in [0.4, 0.5) is 5.69 Å². The second-order valence-corrected chi connectivity index (χ2v) is 13.5. The Morgan fingerprint density at radius 1 is 1.15 bits per heavy atom. The fourth-order valence-electron chi connectivity index (χ4n) is 7.04. The molecule has 3 unspecified atom stereocenters. The molecule has 11 nitrogen and oxygen atoms in total. The van der Waals surface area contributed by atoms with Gasteiger partial charge in [0.15, 0.2) is 5.82 Å². The number of allylic oxidation sites excluding steroid dienone is 2. The highest BCUT2D eigenvalue weighted by atomic mass is 35.5. The lowest BCUT2D eigenvalue weighted by Gasteiger charge is -2.27. The summed E-state index contributed by atoms with van der Waals surface area (Å²) in [7, 11) is 5.57. The molecule has 3 heterocycles. The van der Waals surface area contributed by atoms with Crippen LogP contribution in [0, 0.1) is 5.92 Å². The van der Waals surface area contributed by atoms with Crippen molar-refractivity contribution in [2.75, 3.05) is 39.2 Å². The van der Waals surface area contributed by atoms with Crippen molar-refractivity contribution in [1.29, 1.82) is 0 Å². The van der Waals surface area contributed by atoms with Crippen LogP contribution in [-0.2, 0) is 45.5 Å². The van der Waals surface area contributed by atoms with E-state index in [-0.39, 0.29) is 30.4 Å². The molecule has 2 aliphatic heterocycles. The lowest BCUT2D eigenvalue weighted by Crippen LogP contribution is -2.41. The van der Waals surface area contributed by atoms with Gasteiger partial charge in [0.2, 0.25) is 0 Å². The smallest absolute Gasteiger partial charge is 0.291 e. The molecule has 0 spiro atoms. The molecule has 252 valence electrons. The maximum absolute atomic E-state index is 13.4. The number of carbonyl (C=O) groups excluding carboxylic acids is 2. The van der Waals surface area contributed by atoms with Gasteiger partial charge in [-0.3, -0.25) is 14.4 Å². The Morgan fingerprint density at radius 2 is 1.96 bits per heavy atom. The van der Waals surface area contributed by atoms with Gasteiger partial charge in [0.05, 0.1) is 35.2 Å². The molecule has 7 rings (SSSR count). The van der Waals surface area contributed by atoms with Crippen LogP contribution in [0.2, 0.25) is 5.02 Å². The van der Waals surface area contributed by atoms with E-state index in [9.17, 15) is 9.59 Å². The molecule has 3 atom stereocenters. The summed E-state index contributed by atoms with van der Waals surface area (Å²) in [5.41, 5.74) is 8.98. The Morgan fingerprint density at radius 3 is 2.75 bits per heavy atom. The zero-order valence-corrected chi connectivity index (χ0v) is 28.6. The first-order valence-corrected chi connectivity index (χ1v) is 16.9. The van der Waals surface area contributed by atoms with E-state index in [1.165, 1.54) is 0 Å². The zero-order chi connectivity index (χ0) is 33.5. The van der Waals surface area contributed by atoms with Crippen molar-refractivity contribution in [1.82, 2.24) is 25.2 Å². The molecule has 1 saturated heterocycles. The first-order valence-electron chi connectivity index (χ1n) is 16.1. The summed E-state index contributed by atoms with van der Waals surface area (Å²) < 4.78 is 14.2. The van der Waals surface area contributed by atoms with Crippen LogP contribution >= 0.6 is 23.2 Å². The fraction of sp³-hybridized carbons (Fsp3) is 0.400. The number of hydrogen-bond acceptors (Lipinski definition) is 8. The van der Waals surface area contributed by atoms with E-state index < -0.39 is 6.04 Å². The Balaban J connectivity index is 1.08. The molecule has 13 heteroatoms. The molecule has 0 bridgehead atoms. The second kappa shape index (κ2) is 13.6. The number of benzene rings is 2. The average molecular weight is 694 g/mol. The van der Waals surface area contributed by atoms with Crippen LogP contribution in [0.1, 0.15) is 52.1 Å². The number of nitrogens with one attached hydrogen (secondary N) is 3. The molecule has 3 aromatic rings. The van der Waals surface area contributed by atoms with Gasteiger partial charge in [0, 0.05) is 56.4 Å².